The molecule has 140 valence electrons. The number of benzene rings is 1. The Morgan fingerprint density at radius 2 is 1.88 bits per heavy atom. The van der Waals surface area contributed by atoms with Gasteiger partial charge in [-0.25, -0.2) is 0 Å². The molecule has 0 radical (unpaired) electrons. The Bertz CT molecular complexity index is 555. The summed E-state index contributed by atoms with van der Waals surface area (Å²) in [6.07, 6.45) is 1.84. The number of hydrogen-bond acceptors (Lipinski definition) is 5. The summed E-state index contributed by atoms with van der Waals surface area (Å²) in [6.45, 7) is 4.36. The van der Waals surface area contributed by atoms with Crippen molar-refractivity contribution < 1.29 is 14.3 Å². The molecule has 0 unspecified atom stereocenters. The van der Waals surface area contributed by atoms with Crippen molar-refractivity contribution in [1.29, 1.82) is 0 Å². The third kappa shape index (κ3) is 5.90. The molecule has 1 heterocycles. The van der Waals surface area contributed by atoms with Crippen LogP contribution in [0.25, 0.3) is 0 Å². The number of amides is 1. The SMILES string of the molecule is COc1ccc(CN2CCC(C(=O)NCCN(C)C)CC2)cc1OC. The molecule has 0 atom stereocenters. The van der Waals surface area contributed by atoms with Gasteiger partial charge in [-0.05, 0) is 57.7 Å². The van der Waals surface area contributed by atoms with Crippen LogP contribution in [0, 0.1) is 5.92 Å². The lowest BCUT2D eigenvalue weighted by atomic mass is 9.95. The van der Waals surface area contributed by atoms with Crippen LogP contribution in [0.2, 0.25) is 0 Å². The highest BCUT2D eigenvalue weighted by atomic mass is 16.5. The summed E-state index contributed by atoms with van der Waals surface area (Å²) in [6, 6.07) is 6.04. The van der Waals surface area contributed by atoms with E-state index in [2.05, 4.69) is 21.2 Å². The van der Waals surface area contributed by atoms with Crippen molar-refractivity contribution in [3.05, 3.63) is 23.8 Å². The van der Waals surface area contributed by atoms with Gasteiger partial charge in [0, 0.05) is 25.6 Å². The molecule has 1 amide bonds. The maximum atomic E-state index is 12.2. The molecule has 1 aromatic rings. The molecule has 0 spiro atoms. The Labute approximate surface area is 151 Å². The first-order chi connectivity index (χ1) is 12.0. The van der Waals surface area contributed by atoms with E-state index in [1.165, 1.54) is 5.56 Å². The minimum Gasteiger partial charge on any atom is -0.493 e. The Morgan fingerprint density at radius 3 is 2.48 bits per heavy atom. The highest BCUT2D eigenvalue weighted by Crippen LogP contribution is 2.28. The van der Waals surface area contributed by atoms with E-state index in [1.54, 1.807) is 14.2 Å². The molecule has 0 aliphatic carbocycles. The molecule has 1 fully saturated rings. The molecule has 1 aromatic carbocycles. The highest BCUT2D eigenvalue weighted by Gasteiger charge is 2.24. The van der Waals surface area contributed by atoms with E-state index in [4.69, 9.17) is 9.47 Å². The van der Waals surface area contributed by atoms with Crippen LogP contribution in [0.4, 0.5) is 0 Å². The molecule has 0 bridgehead atoms. The van der Waals surface area contributed by atoms with E-state index in [9.17, 15) is 4.79 Å². The summed E-state index contributed by atoms with van der Waals surface area (Å²) in [4.78, 5) is 16.7. The first-order valence-corrected chi connectivity index (χ1v) is 8.89. The van der Waals surface area contributed by atoms with E-state index in [1.807, 2.05) is 26.2 Å². The summed E-state index contributed by atoms with van der Waals surface area (Å²) >= 11 is 0. The standard InChI is InChI=1S/C19H31N3O3/c1-21(2)12-9-20-19(23)16-7-10-22(11-8-16)14-15-5-6-17(24-3)18(13-15)25-4/h5-6,13,16H,7-12,14H2,1-4H3,(H,20,23). The third-order valence-corrected chi connectivity index (χ3v) is 4.67. The Balaban J connectivity index is 1.79. The monoisotopic (exact) mass is 349 g/mol. The summed E-state index contributed by atoms with van der Waals surface area (Å²) in [5.41, 5.74) is 1.20. The van der Waals surface area contributed by atoms with Gasteiger partial charge in [-0.3, -0.25) is 9.69 Å². The molecule has 6 heteroatoms. The maximum Gasteiger partial charge on any atom is 0.223 e. The van der Waals surface area contributed by atoms with Crippen molar-refractivity contribution in [2.24, 2.45) is 5.92 Å². The molecular formula is C19H31N3O3. The van der Waals surface area contributed by atoms with Gasteiger partial charge in [-0.15, -0.1) is 0 Å². The number of ether oxygens (including phenoxy) is 2. The molecule has 0 saturated carbocycles. The predicted octanol–water partition coefficient (Wildman–Crippen LogP) is 1.59. The fraction of sp³-hybridized carbons (Fsp3) is 0.632. The second-order valence-electron chi connectivity index (χ2n) is 6.83. The average Bonchev–Trinajstić information content (AvgIpc) is 2.61. The number of likely N-dealkylation sites (N-methyl/N-ethyl adjacent to an activating group) is 1. The van der Waals surface area contributed by atoms with Gasteiger partial charge < -0.3 is 19.7 Å². The van der Waals surface area contributed by atoms with Crippen LogP contribution in [-0.4, -0.2) is 70.2 Å². The van der Waals surface area contributed by atoms with Crippen LogP contribution < -0.4 is 14.8 Å². The molecule has 1 N–H and O–H groups in total. The number of nitrogens with zero attached hydrogens (tertiary/aromatic N) is 2. The normalized spacial score (nSPS) is 16.0. The molecule has 25 heavy (non-hydrogen) atoms. The summed E-state index contributed by atoms with van der Waals surface area (Å²) in [5.74, 6) is 1.85. The van der Waals surface area contributed by atoms with Crippen molar-refractivity contribution >= 4 is 5.91 Å². The lowest BCUT2D eigenvalue weighted by molar-refractivity contribution is -0.126. The van der Waals surface area contributed by atoms with Gasteiger partial charge >= 0.3 is 0 Å². The second kappa shape index (κ2) is 9.63. The third-order valence-electron chi connectivity index (χ3n) is 4.67. The number of methoxy groups -OCH3 is 2. The molecule has 0 aromatic heterocycles. The average molecular weight is 349 g/mol. The van der Waals surface area contributed by atoms with E-state index in [-0.39, 0.29) is 11.8 Å². The number of hydrogen-bond donors (Lipinski definition) is 1. The summed E-state index contributed by atoms with van der Waals surface area (Å²) in [5, 5.41) is 3.05. The topological polar surface area (TPSA) is 54.0 Å². The Hall–Kier alpha value is -1.79. The van der Waals surface area contributed by atoms with Gasteiger partial charge in [0.1, 0.15) is 0 Å². The van der Waals surface area contributed by atoms with Crippen molar-refractivity contribution in [3.63, 3.8) is 0 Å². The molecule has 1 aliphatic heterocycles. The number of piperidine rings is 1. The largest absolute Gasteiger partial charge is 0.493 e. The first-order valence-electron chi connectivity index (χ1n) is 8.89. The number of likely N-dealkylation sites (tertiary alicyclic amines) is 1. The van der Waals surface area contributed by atoms with E-state index < -0.39 is 0 Å². The van der Waals surface area contributed by atoms with E-state index in [0.29, 0.717) is 0 Å². The molecule has 2 rings (SSSR count). The lowest BCUT2D eigenvalue weighted by Gasteiger charge is -2.31. The first kappa shape index (κ1) is 19.5. The zero-order valence-electron chi connectivity index (χ0n) is 15.9. The van der Waals surface area contributed by atoms with Crippen molar-refractivity contribution in [2.45, 2.75) is 19.4 Å². The fourth-order valence-corrected chi connectivity index (χ4v) is 3.14. The van der Waals surface area contributed by atoms with Crippen LogP contribution in [0.15, 0.2) is 18.2 Å². The Kier molecular flexibility index (Phi) is 7.52. The van der Waals surface area contributed by atoms with Gasteiger partial charge in [-0.2, -0.15) is 0 Å². The number of carbonyl (C=O) groups is 1. The van der Waals surface area contributed by atoms with Crippen LogP contribution in [0.1, 0.15) is 18.4 Å². The van der Waals surface area contributed by atoms with E-state index in [0.717, 1.165) is 57.1 Å². The molecule has 1 aliphatic rings. The van der Waals surface area contributed by atoms with Gasteiger partial charge in [0.2, 0.25) is 5.91 Å². The van der Waals surface area contributed by atoms with Gasteiger partial charge in [0.05, 0.1) is 14.2 Å². The van der Waals surface area contributed by atoms with Gasteiger partial charge in [-0.1, -0.05) is 6.07 Å². The van der Waals surface area contributed by atoms with Crippen LogP contribution in [-0.2, 0) is 11.3 Å². The minimum atomic E-state index is 0.142. The van der Waals surface area contributed by atoms with Crippen LogP contribution in [0.3, 0.4) is 0 Å². The maximum absolute atomic E-state index is 12.2. The summed E-state index contributed by atoms with van der Waals surface area (Å²) < 4.78 is 10.7. The quantitative estimate of drug-likeness (QED) is 0.772. The van der Waals surface area contributed by atoms with Crippen molar-refractivity contribution in [3.8, 4) is 11.5 Å². The van der Waals surface area contributed by atoms with Gasteiger partial charge in [0.25, 0.3) is 0 Å². The smallest absolute Gasteiger partial charge is 0.223 e. The molecular weight excluding hydrogens is 318 g/mol. The van der Waals surface area contributed by atoms with Crippen molar-refractivity contribution in [2.75, 3.05) is 54.5 Å². The van der Waals surface area contributed by atoms with Crippen LogP contribution in [0.5, 0.6) is 11.5 Å². The predicted molar refractivity (Wildman–Crippen MR) is 99.1 cm³/mol. The number of nitrogens with one attached hydrogen (secondary N) is 1. The second-order valence-corrected chi connectivity index (χ2v) is 6.83. The minimum absolute atomic E-state index is 0.142. The van der Waals surface area contributed by atoms with Crippen molar-refractivity contribution in [1.82, 2.24) is 15.1 Å². The summed E-state index contributed by atoms with van der Waals surface area (Å²) in [7, 11) is 7.32. The molecule has 1 saturated heterocycles. The fourth-order valence-electron chi connectivity index (χ4n) is 3.14. The highest BCUT2D eigenvalue weighted by molar-refractivity contribution is 5.78. The van der Waals surface area contributed by atoms with Crippen LogP contribution >= 0.6 is 0 Å². The lowest BCUT2D eigenvalue weighted by Crippen LogP contribution is -2.41. The van der Waals surface area contributed by atoms with E-state index >= 15 is 0 Å². The number of carbonyl (C=O) groups excluding carboxylic acids is 1. The molecule has 6 nitrogen and oxygen atoms in total. The zero-order valence-corrected chi connectivity index (χ0v) is 15.9. The van der Waals surface area contributed by atoms with Gasteiger partial charge in [0.15, 0.2) is 11.5 Å². The number of rotatable bonds is 8. The Morgan fingerprint density at radius 1 is 1.20 bits per heavy atom. The zero-order chi connectivity index (χ0) is 18.2.